The minimum atomic E-state index is -0.0102. The summed E-state index contributed by atoms with van der Waals surface area (Å²) in [5.74, 6) is 7.09. The fourth-order valence-electron chi connectivity index (χ4n) is 5.33. The van der Waals surface area contributed by atoms with E-state index in [1.165, 1.54) is 19.3 Å². The number of hydrogen-bond donors (Lipinski definition) is 0. The van der Waals surface area contributed by atoms with E-state index in [0.29, 0.717) is 18.7 Å². The minimum absolute atomic E-state index is 0.0102. The zero-order chi connectivity index (χ0) is 25.0. The number of hydrogen-bond acceptors (Lipinski definition) is 6. The average molecular weight is 493 g/mol. The summed E-state index contributed by atoms with van der Waals surface area (Å²) in [6.45, 7) is 5.44. The lowest BCUT2D eigenvalue weighted by Gasteiger charge is -2.43. The van der Waals surface area contributed by atoms with E-state index in [1.54, 1.807) is 12.4 Å². The maximum absolute atomic E-state index is 13.3. The number of amides is 1. The first-order valence-corrected chi connectivity index (χ1v) is 13.4. The molecule has 7 nitrogen and oxygen atoms in total. The van der Waals surface area contributed by atoms with Gasteiger partial charge in [0.25, 0.3) is 5.91 Å². The van der Waals surface area contributed by atoms with Crippen LogP contribution in [0.1, 0.15) is 52.0 Å². The molecule has 1 aliphatic carbocycles. The van der Waals surface area contributed by atoms with Gasteiger partial charge in [0.15, 0.2) is 0 Å². The Morgan fingerprint density at radius 2 is 1.65 bits per heavy atom. The first-order chi connectivity index (χ1) is 18.2. The molecule has 7 heteroatoms. The third-order valence-corrected chi connectivity index (χ3v) is 7.80. The summed E-state index contributed by atoms with van der Waals surface area (Å²) in [5, 5.41) is 0. The van der Waals surface area contributed by atoms with E-state index in [2.05, 4.69) is 26.6 Å². The van der Waals surface area contributed by atoms with Crippen molar-refractivity contribution in [3.63, 3.8) is 0 Å². The Kier molecular flexibility index (Phi) is 6.83. The Morgan fingerprint density at radius 1 is 0.865 bits per heavy atom. The number of piperazine rings is 1. The van der Waals surface area contributed by atoms with Crippen LogP contribution in [0.3, 0.4) is 0 Å². The molecule has 6 rings (SSSR count). The Balaban J connectivity index is 1.10. The van der Waals surface area contributed by atoms with Crippen LogP contribution in [0, 0.1) is 11.8 Å². The molecule has 1 aromatic carbocycles. The second-order valence-corrected chi connectivity index (χ2v) is 10.1. The highest BCUT2D eigenvalue weighted by Crippen LogP contribution is 2.26. The van der Waals surface area contributed by atoms with Gasteiger partial charge in [0.1, 0.15) is 0 Å². The third kappa shape index (κ3) is 5.35. The second kappa shape index (κ2) is 10.7. The van der Waals surface area contributed by atoms with Crippen molar-refractivity contribution in [2.75, 3.05) is 44.2 Å². The molecule has 2 fully saturated rings. The van der Waals surface area contributed by atoms with Crippen molar-refractivity contribution >= 4 is 11.9 Å². The number of aromatic nitrogens is 3. The Bertz CT molecular complexity index is 1320. The van der Waals surface area contributed by atoms with E-state index in [9.17, 15) is 4.79 Å². The SMILES string of the molecule is O=C(c1cncc(C#Cc2ccccc2)c1)N1CCc2cnc(N3CCN(C4CCC4)CC3)nc2CC1. The lowest BCUT2D eigenvalue weighted by molar-refractivity contribution is 0.0762. The lowest BCUT2D eigenvalue weighted by atomic mass is 9.91. The molecule has 1 saturated carbocycles. The van der Waals surface area contributed by atoms with Gasteiger partial charge >= 0.3 is 0 Å². The topological polar surface area (TPSA) is 65.5 Å². The van der Waals surface area contributed by atoms with Crippen molar-refractivity contribution < 1.29 is 4.79 Å². The molecule has 0 bridgehead atoms. The number of carbonyl (C=O) groups excluding carboxylic acids is 1. The van der Waals surface area contributed by atoms with E-state index < -0.39 is 0 Å². The van der Waals surface area contributed by atoms with Gasteiger partial charge < -0.3 is 9.80 Å². The van der Waals surface area contributed by atoms with E-state index in [1.807, 2.05) is 47.5 Å². The molecule has 0 unspecified atom stereocenters. The summed E-state index contributed by atoms with van der Waals surface area (Å²) in [5.41, 5.74) is 4.46. The molecule has 3 aromatic rings. The number of rotatable bonds is 3. The van der Waals surface area contributed by atoms with Gasteiger partial charge in [0.05, 0.1) is 11.3 Å². The average Bonchev–Trinajstić information content (AvgIpc) is 3.14. The van der Waals surface area contributed by atoms with Crippen LogP contribution in [0.15, 0.2) is 55.0 Å². The predicted octanol–water partition coefficient (Wildman–Crippen LogP) is 3.19. The predicted molar refractivity (Wildman–Crippen MR) is 143 cm³/mol. The van der Waals surface area contributed by atoms with E-state index >= 15 is 0 Å². The summed E-state index contributed by atoms with van der Waals surface area (Å²) in [7, 11) is 0. The second-order valence-electron chi connectivity index (χ2n) is 10.1. The molecule has 37 heavy (non-hydrogen) atoms. The summed E-state index contributed by atoms with van der Waals surface area (Å²) >= 11 is 0. The Labute approximate surface area is 218 Å². The van der Waals surface area contributed by atoms with Crippen molar-refractivity contribution in [3.8, 4) is 11.8 Å². The van der Waals surface area contributed by atoms with Crippen molar-refractivity contribution in [1.82, 2.24) is 24.8 Å². The van der Waals surface area contributed by atoms with Crippen molar-refractivity contribution in [2.45, 2.75) is 38.1 Å². The van der Waals surface area contributed by atoms with Crippen molar-refractivity contribution in [2.24, 2.45) is 0 Å². The van der Waals surface area contributed by atoms with Gasteiger partial charge in [-0.25, -0.2) is 9.97 Å². The van der Waals surface area contributed by atoms with E-state index in [0.717, 1.165) is 73.4 Å². The first kappa shape index (κ1) is 23.6. The molecule has 0 N–H and O–H groups in total. The highest BCUT2D eigenvalue weighted by atomic mass is 16.2. The van der Waals surface area contributed by atoms with Gasteiger partial charge in [-0.1, -0.05) is 36.5 Å². The number of carbonyl (C=O) groups is 1. The Hall–Kier alpha value is -3.76. The quantitative estimate of drug-likeness (QED) is 0.524. The third-order valence-electron chi connectivity index (χ3n) is 7.80. The smallest absolute Gasteiger partial charge is 0.255 e. The van der Waals surface area contributed by atoms with Gasteiger partial charge in [-0.15, -0.1) is 0 Å². The summed E-state index contributed by atoms with van der Waals surface area (Å²) < 4.78 is 0. The molecule has 2 aliphatic heterocycles. The number of benzene rings is 1. The van der Waals surface area contributed by atoms with Crippen LogP contribution in [0.25, 0.3) is 0 Å². The maximum Gasteiger partial charge on any atom is 0.255 e. The lowest BCUT2D eigenvalue weighted by Crippen LogP contribution is -2.52. The van der Waals surface area contributed by atoms with Crippen molar-refractivity contribution in [1.29, 1.82) is 0 Å². The number of anilines is 1. The molecule has 3 aliphatic rings. The number of pyridine rings is 1. The van der Waals surface area contributed by atoms with Crippen LogP contribution >= 0.6 is 0 Å². The largest absolute Gasteiger partial charge is 0.338 e. The molecule has 1 amide bonds. The molecule has 0 spiro atoms. The van der Waals surface area contributed by atoms with Crippen molar-refractivity contribution in [3.05, 3.63) is 82.9 Å². The highest BCUT2D eigenvalue weighted by molar-refractivity contribution is 5.94. The molecule has 1 saturated heterocycles. The van der Waals surface area contributed by atoms with E-state index in [4.69, 9.17) is 9.97 Å². The summed E-state index contributed by atoms with van der Waals surface area (Å²) in [4.78, 5) is 34.2. The molecule has 0 atom stereocenters. The zero-order valence-corrected chi connectivity index (χ0v) is 21.1. The maximum atomic E-state index is 13.3. The number of nitrogens with zero attached hydrogens (tertiary/aromatic N) is 6. The molecule has 4 heterocycles. The van der Waals surface area contributed by atoms with Crippen LogP contribution in [0.5, 0.6) is 0 Å². The molecule has 2 aromatic heterocycles. The Morgan fingerprint density at radius 3 is 2.43 bits per heavy atom. The van der Waals surface area contributed by atoms with Gasteiger partial charge in [-0.05, 0) is 43.0 Å². The summed E-state index contributed by atoms with van der Waals surface area (Å²) in [6, 6.07) is 12.5. The molecule has 0 radical (unpaired) electrons. The monoisotopic (exact) mass is 492 g/mol. The molecular weight excluding hydrogens is 460 g/mol. The molecular formula is C30H32N6O. The zero-order valence-electron chi connectivity index (χ0n) is 21.1. The van der Waals surface area contributed by atoms with E-state index in [-0.39, 0.29) is 5.91 Å². The van der Waals surface area contributed by atoms with Crippen LogP contribution in [-0.2, 0) is 12.8 Å². The number of fused-ring (bicyclic) bond motifs is 1. The first-order valence-electron chi connectivity index (χ1n) is 13.4. The van der Waals surface area contributed by atoms with Crippen LogP contribution in [-0.4, -0.2) is 76.0 Å². The summed E-state index contributed by atoms with van der Waals surface area (Å²) in [6.07, 6.45) is 10.9. The van der Waals surface area contributed by atoms with Crippen LogP contribution in [0.2, 0.25) is 0 Å². The minimum Gasteiger partial charge on any atom is -0.338 e. The standard InChI is InChI=1S/C30H32N6O/c37-29(26-19-24(20-31-21-26)10-9-23-5-2-1-3-6-23)35-13-11-25-22-32-30(33-28(25)12-14-35)36-17-15-34(16-18-36)27-7-4-8-27/h1-3,5-6,19-22,27H,4,7-8,11-18H2. The fourth-order valence-corrected chi connectivity index (χ4v) is 5.33. The van der Waals surface area contributed by atoms with Gasteiger partial charge in [0, 0.05) is 81.4 Å². The normalized spacial score (nSPS) is 18.3. The molecule has 188 valence electrons. The fraction of sp³-hybridized carbons (Fsp3) is 0.400. The van der Waals surface area contributed by atoms with Gasteiger partial charge in [-0.3, -0.25) is 14.7 Å². The van der Waals surface area contributed by atoms with Crippen LogP contribution < -0.4 is 4.90 Å². The van der Waals surface area contributed by atoms with Gasteiger partial charge in [-0.2, -0.15) is 0 Å². The highest BCUT2D eigenvalue weighted by Gasteiger charge is 2.29. The van der Waals surface area contributed by atoms with Crippen LogP contribution in [0.4, 0.5) is 5.95 Å². The van der Waals surface area contributed by atoms with Gasteiger partial charge in [0.2, 0.25) is 5.95 Å².